The van der Waals surface area contributed by atoms with Crippen LogP contribution in [0.25, 0.3) is 11.6 Å². The van der Waals surface area contributed by atoms with Gasteiger partial charge < -0.3 is 14.6 Å². The molecule has 23 heavy (non-hydrogen) atoms. The van der Waals surface area contributed by atoms with Crippen LogP contribution in [0.1, 0.15) is 18.2 Å². The van der Waals surface area contributed by atoms with Gasteiger partial charge >= 0.3 is 0 Å². The summed E-state index contributed by atoms with van der Waals surface area (Å²) in [4.78, 5) is 18.1. The molecule has 120 valence electrons. The number of aliphatic imine (C=N–C) groups is 1. The van der Waals surface area contributed by atoms with Crippen molar-refractivity contribution in [3.05, 3.63) is 34.9 Å². The Labute approximate surface area is 139 Å². The third kappa shape index (κ3) is 3.43. The molecule has 1 N–H and O–H groups in total. The maximum atomic E-state index is 6.19. The molecular formula is C16H18ClN5O. The monoisotopic (exact) mass is 331 g/mol. The van der Waals surface area contributed by atoms with Gasteiger partial charge in [0.2, 0.25) is 0 Å². The van der Waals surface area contributed by atoms with Crippen molar-refractivity contribution in [2.45, 2.75) is 6.92 Å². The Kier molecular flexibility index (Phi) is 4.73. The molecule has 0 atom stereocenters. The number of morpholine rings is 1. The number of aromatic amines is 1. The Morgan fingerprint density at radius 3 is 2.96 bits per heavy atom. The minimum absolute atomic E-state index is 0.601. The van der Waals surface area contributed by atoms with Crippen LogP contribution in [0.2, 0.25) is 5.02 Å². The van der Waals surface area contributed by atoms with E-state index >= 15 is 0 Å². The quantitative estimate of drug-likeness (QED) is 0.874. The van der Waals surface area contributed by atoms with E-state index in [-0.39, 0.29) is 0 Å². The highest BCUT2D eigenvalue weighted by molar-refractivity contribution is 6.32. The molecule has 2 aromatic heterocycles. The molecule has 0 radical (unpaired) electrons. The molecule has 1 saturated heterocycles. The minimum Gasteiger partial charge on any atom is -0.378 e. The predicted molar refractivity (Wildman–Crippen MR) is 93.6 cm³/mol. The first-order valence-corrected chi connectivity index (χ1v) is 7.74. The van der Waals surface area contributed by atoms with Crippen LogP contribution in [0.15, 0.2) is 23.6 Å². The van der Waals surface area contributed by atoms with E-state index in [1.807, 2.05) is 13.0 Å². The standard InChI is InChI=1S/C16H18ClN5O/c1-11(7-12-13(17)8-20-16(12)18-2)14-9-19-10-15(21-14)22-3-5-23-6-4-22/h7-10,20H,2-6H2,1H3/b11-7+. The van der Waals surface area contributed by atoms with Gasteiger partial charge in [-0.15, -0.1) is 0 Å². The molecule has 0 unspecified atom stereocenters. The van der Waals surface area contributed by atoms with Crippen LogP contribution in [-0.4, -0.2) is 48.0 Å². The summed E-state index contributed by atoms with van der Waals surface area (Å²) >= 11 is 6.19. The molecule has 1 aliphatic rings. The van der Waals surface area contributed by atoms with Gasteiger partial charge in [0, 0.05) is 24.8 Å². The van der Waals surface area contributed by atoms with Crippen molar-refractivity contribution in [3.63, 3.8) is 0 Å². The fraction of sp³-hybridized carbons (Fsp3) is 0.312. The maximum Gasteiger partial charge on any atom is 0.147 e. The number of H-pyrrole nitrogens is 1. The topological polar surface area (TPSA) is 66.4 Å². The number of aromatic nitrogens is 3. The number of nitrogens with zero attached hydrogens (tertiary/aromatic N) is 4. The SMILES string of the molecule is C=Nc1[nH]cc(Cl)c1/C=C(\C)c1cncc(N2CCOCC2)n1. The summed E-state index contributed by atoms with van der Waals surface area (Å²) in [7, 11) is 0. The lowest BCUT2D eigenvalue weighted by molar-refractivity contribution is 0.122. The number of halogens is 1. The molecule has 7 heteroatoms. The summed E-state index contributed by atoms with van der Waals surface area (Å²) in [6.07, 6.45) is 7.16. The molecule has 0 spiro atoms. The van der Waals surface area contributed by atoms with Gasteiger partial charge in [-0.2, -0.15) is 0 Å². The van der Waals surface area contributed by atoms with Crippen LogP contribution in [-0.2, 0) is 4.74 Å². The second kappa shape index (κ2) is 6.93. The second-order valence-electron chi connectivity index (χ2n) is 5.25. The van der Waals surface area contributed by atoms with Crippen LogP contribution < -0.4 is 4.90 Å². The van der Waals surface area contributed by atoms with E-state index in [1.165, 1.54) is 0 Å². The van der Waals surface area contributed by atoms with E-state index < -0.39 is 0 Å². The average molecular weight is 332 g/mol. The summed E-state index contributed by atoms with van der Waals surface area (Å²) in [5.74, 6) is 1.51. The van der Waals surface area contributed by atoms with Crippen LogP contribution in [0.4, 0.5) is 11.6 Å². The zero-order chi connectivity index (χ0) is 16.2. The molecule has 0 aromatic carbocycles. The van der Waals surface area contributed by atoms with Crippen LogP contribution >= 0.6 is 11.6 Å². The largest absolute Gasteiger partial charge is 0.378 e. The highest BCUT2D eigenvalue weighted by atomic mass is 35.5. The van der Waals surface area contributed by atoms with E-state index in [0.717, 1.165) is 35.7 Å². The van der Waals surface area contributed by atoms with E-state index in [1.54, 1.807) is 18.6 Å². The second-order valence-corrected chi connectivity index (χ2v) is 5.65. The van der Waals surface area contributed by atoms with Gasteiger partial charge in [0.15, 0.2) is 0 Å². The van der Waals surface area contributed by atoms with Gasteiger partial charge in [0.1, 0.15) is 11.6 Å². The van der Waals surface area contributed by atoms with Gasteiger partial charge in [0.05, 0.1) is 36.3 Å². The smallest absolute Gasteiger partial charge is 0.147 e. The molecule has 1 aliphatic heterocycles. The molecular weight excluding hydrogens is 314 g/mol. The van der Waals surface area contributed by atoms with Gasteiger partial charge in [0.25, 0.3) is 0 Å². The Balaban J connectivity index is 1.90. The van der Waals surface area contributed by atoms with Crippen molar-refractivity contribution in [2.75, 3.05) is 31.2 Å². The van der Waals surface area contributed by atoms with Crippen molar-refractivity contribution < 1.29 is 4.74 Å². The molecule has 3 rings (SSSR count). The number of allylic oxidation sites excluding steroid dienone is 1. The first-order chi connectivity index (χ1) is 11.2. The van der Waals surface area contributed by atoms with Crippen molar-refractivity contribution in [2.24, 2.45) is 4.99 Å². The highest BCUT2D eigenvalue weighted by Gasteiger charge is 2.14. The van der Waals surface area contributed by atoms with Gasteiger partial charge in [-0.05, 0) is 25.3 Å². The molecule has 0 amide bonds. The van der Waals surface area contributed by atoms with Gasteiger partial charge in [-0.3, -0.25) is 4.98 Å². The molecule has 6 nitrogen and oxygen atoms in total. The molecule has 0 bridgehead atoms. The zero-order valence-electron chi connectivity index (χ0n) is 12.9. The summed E-state index contributed by atoms with van der Waals surface area (Å²) in [6.45, 7) is 8.61. The Bertz CT molecular complexity index is 734. The summed E-state index contributed by atoms with van der Waals surface area (Å²) < 4.78 is 5.37. The molecule has 2 aromatic rings. The van der Waals surface area contributed by atoms with Gasteiger partial charge in [-0.25, -0.2) is 9.98 Å². The van der Waals surface area contributed by atoms with E-state index in [2.05, 4.69) is 26.6 Å². The number of hydrogen-bond acceptors (Lipinski definition) is 5. The first-order valence-electron chi connectivity index (χ1n) is 7.36. The Morgan fingerprint density at radius 1 is 1.43 bits per heavy atom. The number of hydrogen-bond donors (Lipinski definition) is 1. The fourth-order valence-electron chi connectivity index (χ4n) is 2.45. The van der Waals surface area contributed by atoms with Crippen molar-refractivity contribution in [3.8, 4) is 0 Å². The third-order valence-electron chi connectivity index (χ3n) is 3.73. The van der Waals surface area contributed by atoms with Crippen molar-refractivity contribution in [1.29, 1.82) is 0 Å². The summed E-state index contributed by atoms with van der Waals surface area (Å²) in [6, 6.07) is 0. The summed E-state index contributed by atoms with van der Waals surface area (Å²) in [5.41, 5.74) is 2.57. The predicted octanol–water partition coefficient (Wildman–Crippen LogP) is 3.19. The van der Waals surface area contributed by atoms with E-state index in [0.29, 0.717) is 24.1 Å². The lowest BCUT2D eigenvalue weighted by Crippen LogP contribution is -2.36. The molecule has 1 fully saturated rings. The third-order valence-corrected chi connectivity index (χ3v) is 4.04. The van der Waals surface area contributed by atoms with E-state index in [4.69, 9.17) is 21.3 Å². The maximum absolute atomic E-state index is 6.19. The lowest BCUT2D eigenvalue weighted by Gasteiger charge is -2.27. The normalized spacial score (nSPS) is 15.7. The lowest BCUT2D eigenvalue weighted by atomic mass is 10.1. The highest BCUT2D eigenvalue weighted by Crippen LogP contribution is 2.30. The number of ether oxygens (including phenoxy) is 1. The Hall–Kier alpha value is -2.18. The Morgan fingerprint density at radius 2 is 2.22 bits per heavy atom. The first kappa shape index (κ1) is 15.7. The number of rotatable bonds is 4. The molecule has 3 heterocycles. The average Bonchev–Trinajstić information content (AvgIpc) is 2.96. The summed E-state index contributed by atoms with van der Waals surface area (Å²) in [5, 5.41) is 0.601. The molecule has 0 aliphatic carbocycles. The van der Waals surface area contributed by atoms with Gasteiger partial charge in [-0.1, -0.05) is 11.6 Å². The van der Waals surface area contributed by atoms with Crippen LogP contribution in [0.3, 0.4) is 0 Å². The fourth-order valence-corrected chi connectivity index (χ4v) is 2.65. The number of anilines is 1. The van der Waals surface area contributed by atoms with Crippen molar-refractivity contribution >= 4 is 41.6 Å². The van der Waals surface area contributed by atoms with Crippen LogP contribution in [0.5, 0.6) is 0 Å². The van der Waals surface area contributed by atoms with Crippen molar-refractivity contribution in [1.82, 2.24) is 15.0 Å². The zero-order valence-corrected chi connectivity index (χ0v) is 13.7. The molecule has 0 saturated carbocycles. The number of nitrogens with one attached hydrogen (secondary N) is 1. The van der Waals surface area contributed by atoms with E-state index in [9.17, 15) is 0 Å². The van der Waals surface area contributed by atoms with Crippen LogP contribution in [0, 0.1) is 0 Å². The minimum atomic E-state index is 0.601.